The summed E-state index contributed by atoms with van der Waals surface area (Å²) in [6, 6.07) is 0. The Kier molecular flexibility index (Phi) is 7.16. The van der Waals surface area contributed by atoms with Crippen LogP contribution in [-0.2, 0) is 4.74 Å². The molecule has 3 nitrogen and oxygen atoms in total. The molecule has 0 amide bonds. The maximum Gasteiger partial charge on any atom is 0.0594 e. The minimum absolute atomic E-state index is 0.926. The number of nitrogens with zero attached hydrogens (tertiary/aromatic N) is 1. The second kappa shape index (κ2) is 7.96. The van der Waals surface area contributed by atoms with Crippen LogP contribution in [0.2, 0.25) is 0 Å². The molecule has 1 rings (SSSR count). The topological polar surface area (TPSA) is 24.5 Å². The first-order chi connectivity index (χ1) is 6.43. The summed E-state index contributed by atoms with van der Waals surface area (Å²) in [4.78, 5) is 2.50. The lowest BCUT2D eigenvalue weighted by Gasteiger charge is -2.26. The molecule has 0 spiro atoms. The van der Waals surface area contributed by atoms with E-state index >= 15 is 0 Å². The van der Waals surface area contributed by atoms with E-state index in [2.05, 4.69) is 31.3 Å². The van der Waals surface area contributed by atoms with Gasteiger partial charge in [0.25, 0.3) is 0 Å². The van der Waals surface area contributed by atoms with Crippen molar-refractivity contribution < 1.29 is 4.74 Å². The van der Waals surface area contributed by atoms with Crippen molar-refractivity contribution in [2.24, 2.45) is 0 Å². The van der Waals surface area contributed by atoms with E-state index in [0.29, 0.717) is 0 Å². The molecule has 0 saturated carbocycles. The van der Waals surface area contributed by atoms with Gasteiger partial charge in [0, 0.05) is 42.5 Å². The Bertz CT molecular complexity index is 118. The molecule has 0 aromatic heterocycles. The zero-order valence-corrected chi connectivity index (χ0v) is 10.3. The van der Waals surface area contributed by atoms with Crippen molar-refractivity contribution in [1.82, 2.24) is 8.43 Å². The van der Waals surface area contributed by atoms with Gasteiger partial charge in [0.05, 0.1) is 13.2 Å². The van der Waals surface area contributed by atoms with Gasteiger partial charge in [0.15, 0.2) is 0 Å². The van der Waals surface area contributed by atoms with Crippen molar-refractivity contribution in [3.63, 3.8) is 0 Å². The van der Waals surface area contributed by atoms with Crippen LogP contribution < -0.4 is 3.53 Å². The van der Waals surface area contributed by atoms with Crippen LogP contribution in [0.4, 0.5) is 0 Å². The summed E-state index contributed by atoms with van der Waals surface area (Å²) in [5, 5.41) is 0. The summed E-state index contributed by atoms with van der Waals surface area (Å²) >= 11 is 2.21. The molecular weight excluding hydrogens is 279 g/mol. The zero-order chi connectivity index (χ0) is 9.36. The highest BCUT2D eigenvalue weighted by atomic mass is 127. The number of ether oxygens (including phenoxy) is 1. The maximum atomic E-state index is 5.29. The fourth-order valence-corrected chi connectivity index (χ4v) is 1.91. The number of rotatable bonds is 6. The third kappa shape index (κ3) is 5.83. The number of nitrogens with one attached hydrogen (secondary N) is 1. The minimum Gasteiger partial charge on any atom is -0.379 e. The third-order valence-electron chi connectivity index (χ3n) is 2.35. The molecule has 0 bridgehead atoms. The van der Waals surface area contributed by atoms with Crippen LogP contribution in [0.25, 0.3) is 0 Å². The monoisotopic (exact) mass is 298 g/mol. The highest BCUT2D eigenvalue weighted by molar-refractivity contribution is 14.1. The van der Waals surface area contributed by atoms with Crippen molar-refractivity contribution in [2.75, 3.05) is 39.4 Å². The number of unbranched alkanes of at least 4 members (excludes halogenated alkanes) is 2. The molecule has 78 valence electrons. The Balaban J connectivity index is 1.86. The lowest BCUT2D eigenvalue weighted by atomic mass is 10.2. The molecule has 0 atom stereocenters. The first-order valence-electron chi connectivity index (χ1n) is 5.07. The average Bonchev–Trinajstić information content (AvgIpc) is 2.19. The molecule has 1 saturated heterocycles. The molecule has 4 heteroatoms. The smallest absolute Gasteiger partial charge is 0.0594 e. The van der Waals surface area contributed by atoms with Crippen LogP contribution in [0.3, 0.4) is 0 Å². The van der Waals surface area contributed by atoms with E-state index < -0.39 is 0 Å². The maximum absolute atomic E-state index is 5.29. The van der Waals surface area contributed by atoms with E-state index in [0.717, 1.165) is 32.8 Å². The first kappa shape index (κ1) is 11.7. The van der Waals surface area contributed by atoms with Gasteiger partial charge in [-0.05, 0) is 19.4 Å². The Morgan fingerprint density at radius 2 is 1.92 bits per heavy atom. The van der Waals surface area contributed by atoms with Crippen molar-refractivity contribution in [1.29, 1.82) is 0 Å². The van der Waals surface area contributed by atoms with Gasteiger partial charge in [0.2, 0.25) is 0 Å². The second-order valence-electron chi connectivity index (χ2n) is 3.40. The quantitative estimate of drug-likeness (QED) is 0.456. The largest absolute Gasteiger partial charge is 0.379 e. The second-order valence-corrected chi connectivity index (χ2v) is 4.16. The molecule has 0 aromatic carbocycles. The molecule has 0 unspecified atom stereocenters. The molecule has 0 aromatic rings. The fraction of sp³-hybridized carbons (Fsp3) is 1.00. The van der Waals surface area contributed by atoms with Crippen LogP contribution in [-0.4, -0.2) is 44.3 Å². The van der Waals surface area contributed by atoms with Gasteiger partial charge in [-0.1, -0.05) is 6.42 Å². The van der Waals surface area contributed by atoms with Gasteiger partial charge in [-0.15, -0.1) is 0 Å². The number of morpholine rings is 1. The fourth-order valence-electron chi connectivity index (χ4n) is 1.53. The highest BCUT2D eigenvalue weighted by Gasteiger charge is 2.08. The van der Waals surface area contributed by atoms with Crippen LogP contribution in [0.15, 0.2) is 0 Å². The van der Waals surface area contributed by atoms with Crippen molar-refractivity contribution in [3.05, 3.63) is 0 Å². The molecule has 13 heavy (non-hydrogen) atoms. The van der Waals surface area contributed by atoms with Crippen LogP contribution >= 0.6 is 22.9 Å². The Hall–Kier alpha value is 0.610. The predicted octanol–water partition coefficient (Wildman–Crippen LogP) is 1.43. The Morgan fingerprint density at radius 1 is 1.15 bits per heavy atom. The SMILES string of the molecule is INCCCCCN1CCOCC1. The van der Waals surface area contributed by atoms with E-state index in [9.17, 15) is 0 Å². The Labute approximate surface area is 94.7 Å². The lowest BCUT2D eigenvalue weighted by molar-refractivity contribution is 0.0371. The standard InChI is InChI=1S/C9H19IN2O/c10-11-4-2-1-3-5-12-6-8-13-9-7-12/h11H,1-9H2. The van der Waals surface area contributed by atoms with Crippen molar-refractivity contribution in [3.8, 4) is 0 Å². The van der Waals surface area contributed by atoms with Crippen molar-refractivity contribution >= 4 is 22.9 Å². The normalized spacial score (nSPS) is 19.2. The molecule has 0 aliphatic carbocycles. The molecule has 0 radical (unpaired) electrons. The minimum atomic E-state index is 0.926. The van der Waals surface area contributed by atoms with Gasteiger partial charge >= 0.3 is 0 Å². The first-order valence-corrected chi connectivity index (χ1v) is 6.15. The summed E-state index contributed by atoms with van der Waals surface area (Å²) in [5.41, 5.74) is 0. The lowest BCUT2D eigenvalue weighted by Crippen LogP contribution is -2.36. The van der Waals surface area contributed by atoms with E-state index in [1.807, 2.05) is 0 Å². The zero-order valence-electron chi connectivity index (χ0n) is 8.10. The average molecular weight is 298 g/mol. The summed E-state index contributed by atoms with van der Waals surface area (Å²) in [5.74, 6) is 0. The predicted molar refractivity (Wildman–Crippen MR) is 63.1 cm³/mol. The van der Waals surface area contributed by atoms with E-state index in [4.69, 9.17) is 4.74 Å². The van der Waals surface area contributed by atoms with Crippen LogP contribution in [0.1, 0.15) is 19.3 Å². The van der Waals surface area contributed by atoms with E-state index in [1.54, 1.807) is 0 Å². The molecule has 1 N–H and O–H groups in total. The van der Waals surface area contributed by atoms with Gasteiger partial charge in [-0.3, -0.25) is 8.43 Å². The van der Waals surface area contributed by atoms with Crippen molar-refractivity contribution in [2.45, 2.75) is 19.3 Å². The molecular formula is C9H19IN2O. The number of hydrogen-bond acceptors (Lipinski definition) is 3. The number of hydrogen-bond donors (Lipinski definition) is 1. The van der Waals surface area contributed by atoms with Crippen LogP contribution in [0.5, 0.6) is 0 Å². The van der Waals surface area contributed by atoms with Crippen LogP contribution in [0, 0.1) is 0 Å². The third-order valence-corrected chi connectivity index (χ3v) is 2.89. The molecule has 1 heterocycles. The molecule has 1 fully saturated rings. The van der Waals surface area contributed by atoms with Gasteiger partial charge in [0.1, 0.15) is 0 Å². The summed E-state index contributed by atoms with van der Waals surface area (Å²) in [6.45, 7) is 6.51. The highest BCUT2D eigenvalue weighted by Crippen LogP contribution is 2.01. The molecule has 1 aliphatic heterocycles. The van der Waals surface area contributed by atoms with Gasteiger partial charge in [-0.2, -0.15) is 0 Å². The summed E-state index contributed by atoms with van der Waals surface area (Å²) in [7, 11) is 0. The van der Waals surface area contributed by atoms with Gasteiger partial charge in [-0.25, -0.2) is 0 Å². The Morgan fingerprint density at radius 3 is 2.62 bits per heavy atom. The van der Waals surface area contributed by atoms with E-state index in [1.165, 1.54) is 25.8 Å². The van der Waals surface area contributed by atoms with E-state index in [-0.39, 0.29) is 0 Å². The summed E-state index contributed by atoms with van der Waals surface area (Å²) < 4.78 is 8.43. The number of halogens is 1. The van der Waals surface area contributed by atoms with Gasteiger partial charge < -0.3 is 4.74 Å². The molecule has 1 aliphatic rings. The summed E-state index contributed by atoms with van der Waals surface area (Å²) in [6.07, 6.45) is 3.97.